The summed E-state index contributed by atoms with van der Waals surface area (Å²) >= 11 is 0. The van der Waals surface area contributed by atoms with Crippen LogP contribution >= 0.6 is 0 Å². The molecule has 0 aliphatic heterocycles. The van der Waals surface area contributed by atoms with Crippen molar-refractivity contribution in [2.24, 2.45) is 0 Å². The van der Waals surface area contributed by atoms with E-state index in [0.29, 0.717) is 17.5 Å². The molecule has 3 rings (SSSR count). The second-order valence-corrected chi connectivity index (χ2v) is 6.35. The molecule has 126 valence electrons. The number of amides is 1. The minimum Gasteiger partial charge on any atom is -0.508 e. The zero-order valence-electron chi connectivity index (χ0n) is 13.5. The van der Waals surface area contributed by atoms with E-state index in [2.05, 4.69) is 5.32 Å². The molecule has 1 aliphatic rings. The van der Waals surface area contributed by atoms with E-state index in [0.717, 1.165) is 18.4 Å². The van der Waals surface area contributed by atoms with Crippen molar-refractivity contribution >= 4 is 5.91 Å². The van der Waals surface area contributed by atoms with Crippen molar-refractivity contribution < 1.29 is 20.1 Å². The van der Waals surface area contributed by atoms with Gasteiger partial charge < -0.3 is 20.6 Å². The van der Waals surface area contributed by atoms with E-state index >= 15 is 0 Å². The van der Waals surface area contributed by atoms with E-state index in [9.17, 15) is 20.1 Å². The number of phenolic OH excluding ortho intramolecular Hbond substituents is 2. The number of hydrogen-bond acceptors (Lipinski definition) is 4. The third kappa shape index (κ3) is 3.36. The van der Waals surface area contributed by atoms with Crippen LogP contribution in [0.2, 0.25) is 0 Å². The topological polar surface area (TPSA) is 89.8 Å². The molecule has 2 unspecified atom stereocenters. The third-order valence-corrected chi connectivity index (χ3v) is 4.55. The molecule has 2 aromatic rings. The number of aryl methyl sites for hydroxylation is 2. The maximum Gasteiger partial charge on any atom is 0.253 e. The number of carbonyl (C=O) groups excluding carboxylic acids is 1. The minimum absolute atomic E-state index is 0.0698. The monoisotopic (exact) mass is 327 g/mol. The smallest absolute Gasteiger partial charge is 0.253 e. The van der Waals surface area contributed by atoms with Gasteiger partial charge in [-0.2, -0.15) is 0 Å². The molecule has 0 saturated carbocycles. The summed E-state index contributed by atoms with van der Waals surface area (Å²) in [6.07, 6.45) is 0.992. The molecule has 0 saturated heterocycles. The fourth-order valence-electron chi connectivity index (χ4n) is 3.15. The van der Waals surface area contributed by atoms with Gasteiger partial charge in [0.25, 0.3) is 5.91 Å². The Balaban J connectivity index is 1.67. The predicted molar refractivity (Wildman–Crippen MR) is 89.9 cm³/mol. The van der Waals surface area contributed by atoms with Gasteiger partial charge in [-0.3, -0.25) is 4.79 Å². The Hall–Kier alpha value is -2.53. The highest BCUT2D eigenvalue weighted by Gasteiger charge is 2.24. The lowest BCUT2D eigenvalue weighted by molar-refractivity contribution is -0.130. The summed E-state index contributed by atoms with van der Waals surface area (Å²) in [5, 5.41) is 32.3. The Morgan fingerprint density at radius 2 is 1.96 bits per heavy atom. The molecule has 24 heavy (non-hydrogen) atoms. The third-order valence-electron chi connectivity index (χ3n) is 4.55. The van der Waals surface area contributed by atoms with Gasteiger partial charge >= 0.3 is 0 Å². The fraction of sp³-hybridized carbons (Fsp3) is 0.316. The normalized spacial score (nSPS) is 17.8. The van der Waals surface area contributed by atoms with Gasteiger partial charge in [0.2, 0.25) is 0 Å². The maximum atomic E-state index is 12.3. The van der Waals surface area contributed by atoms with Crippen LogP contribution in [-0.4, -0.2) is 27.3 Å². The average molecular weight is 327 g/mol. The quantitative estimate of drug-likeness (QED) is 0.695. The first kappa shape index (κ1) is 16.3. The molecule has 0 aromatic heterocycles. The summed E-state index contributed by atoms with van der Waals surface area (Å²) in [7, 11) is 0. The van der Waals surface area contributed by atoms with Gasteiger partial charge in [0.05, 0.1) is 0 Å². The number of phenols is 2. The molecule has 2 aromatic carbocycles. The highest BCUT2D eigenvalue weighted by molar-refractivity contribution is 5.82. The lowest BCUT2D eigenvalue weighted by Crippen LogP contribution is -2.41. The summed E-state index contributed by atoms with van der Waals surface area (Å²) in [4.78, 5) is 12.3. The Labute approximate surface area is 140 Å². The summed E-state index contributed by atoms with van der Waals surface area (Å²) < 4.78 is 0. The molecule has 0 heterocycles. The Kier molecular flexibility index (Phi) is 4.44. The van der Waals surface area contributed by atoms with Gasteiger partial charge in [0.1, 0.15) is 11.5 Å². The number of rotatable bonds is 3. The lowest BCUT2D eigenvalue weighted by Gasteiger charge is -2.26. The van der Waals surface area contributed by atoms with Crippen molar-refractivity contribution in [1.29, 1.82) is 0 Å². The standard InChI is InChI=1S/C19H21NO4/c1-11-8-13(4-7-17(11)22)18(23)19(24)20-15-5-2-12-3-6-16(21)10-14(12)9-15/h3-4,6-8,10,15,18,21-23H,2,5,9H2,1H3,(H,20,24). The SMILES string of the molecule is Cc1cc(C(O)C(=O)NC2CCc3ccc(O)cc3C2)ccc1O. The van der Waals surface area contributed by atoms with Crippen LogP contribution in [0.1, 0.15) is 34.8 Å². The Bertz CT molecular complexity index is 772. The first-order valence-electron chi connectivity index (χ1n) is 8.03. The van der Waals surface area contributed by atoms with E-state index < -0.39 is 12.0 Å². The van der Waals surface area contributed by atoms with Crippen LogP contribution in [-0.2, 0) is 17.6 Å². The predicted octanol–water partition coefficient (Wildman–Crippen LogP) is 2.11. The van der Waals surface area contributed by atoms with Gasteiger partial charge in [-0.05, 0) is 72.7 Å². The van der Waals surface area contributed by atoms with Crippen molar-refractivity contribution in [2.45, 2.75) is 38.3 Å². The highest BCUT2D eigenvalue weighted by Crippen LogP contribution is 2.26. The average Bonchev–Trinajstić information content (AvgIpc) is 2.56. The molecule has 1 amide bonds. The van der Waals surface area contributed by atoms with E-state index in [1.807, 2.05) is 6.07 Å². The molecule has 0 bridgehead atoms. The van der Waals surface area contributed by atoms with E-state index in [1.54, 1.807) is 31.2 Å². The van der Waals surface area contributed by atoms with Crippen molar-refractivity contribution in [2.75, 3.05) is 0 Å². The minimum atomic E-state index is -1.27. The first-order valence-corrected chi connectivity index (χ1v) is 8.03. The zero-order valence-corrected chi connectivity index (χ0v) is 13.5. The van der Waals surface area contributed by atoms with Gasteiger partial charge in [0.15, 0.2) is 6.10 Å². The zero-order chi connectivity index (χ0) is 17.3. The fourth-order valence-corrected chi connectivity index (χ4v) is 3.15. The lowest BCUT2D eigenvalue weighted by atomic mass is 9.88. The molecular formula is C19H21NO4. The van der Waals surface area contributed by atoms with Crippen LogP contribution in [0.3, 0.4) is 0 Å². The Morgan fingerprint density at radius 3 is 2.71 bits per heavy atom. The van der Waals surface area contributed by atoms with Gasteiger partial charge in [-0.15, -0.1) is 0 Å². The first-order chi connectivity index (χ1) is 11.4. The van der Waals surface area contributed by atoms with Crippen molar-refractivity contribution in [3.63, 3.8) is 0 Å². The van der Waals surface area contributed by atoms with Crippen molar-refractivity contribution in [1.82, 2.24) is 5.32 Å². The summed E-state index contributed by atoms with van der Waals surface area (Å²) in [5.41, 5.74) is 3.28. The number of aliphatic hydroxyl groups excluding tert-OH is 1. The van der Waals surface area contributed by atoms with E-state index in [4.69, 9.17) is 0 Å². The van der Waals surface area contributed by atoms with Gasteiger partial charge in [-0.1, -0.05) is 12.1 Å². The highest BCUT2D eigenvalue weighted by atomic mass is 16.3. The van der Waals surface area contributed by atoms with E-state index in [1.165, 1.54) is 11.6 Å². The number of benzene rings is 2. The molecule has 2 atom stereocenters. The second-order valence-electron chi connectivity index (χ2n) is 6.35. The summed E-state index contributed by atoms with van der Waals surface area (Å²) in [5.74, 6) is -0.0934. The summed E-state index contributed by atoms with van der Waals surface area (Å²) in [6, 6.07) is 9.87. The number of hydrogen-bond donors (Lipinski definition) is 4. The molecule has 4 N–H and O–H groups in total. The number of aromatic hydroxyl groups is 2. The number of carbonyl (C=O) groups is 1. The molecule has 5 nitrogen and oxygen atoms in total. The van der Waals surface area contributed by atoms with Crippen LogP contribution in [0.15, 0.2) is 36.4 Å². The summed E-state index contributed by atoms with van der Waals surface area (Å²) in [6.45, 7) is 1.72. The van der Waals surface area contributed by atoms with Crippen LogP contribution in [0.5, 0.6) is 11.5 Å². The van der Waals surface area contributed by atoms with Crippen molar-refractivity contribution in [3.8, 4) is 11.5 Å². The number of nitrogens with one attached hydrogen (secondary N) is 1. The molecular weight excluding hydrogens is 306 g/mol. The van der Waals surface area contributed by atoms with Crippen LogP contribution < -0.4 is 5.32 Å². The molecule has 5 heteroatoms. The second kappa shape index (κ2) is 6.53. The Morgan fingerprint density at radius 1 is 1.17 bits per heavy atom. The number of aliphatic hydroxyl groups is 1. The van der Waals surface area contributed by atoms with Crippen LogP contribution in [0, 0.1) is 6.92 Å². The van der Waals surface area contributed by atoms with Crippen LogP contribution in [0.25, 0.3) is 0 Å². The van der Waals surface area contributed by atoms with Gasteiger partial charge in [-0.25, -0.2) is 0 Å². The largest absolute Gasteiger partial charge is 0.508 e. The van der Waals surface area contributed by atoms with Crippen LogP contribution in [0.4, 0.5) is 0 Å². The van der Waals surface area contributed by atoms with Gasteiger partial charge in [0, 0.05) is 6.04 Å². The molecule has 0 radical (unpaired) electrons. The number of fused-ring (bicyclic) bond motifs is 1. The maximum absolute atomic E-state index is 12.3. The van der Waals surface area contributed by atoms with E-state index in [-0.39, 0.29) is 17.5 Å². The van der Waals surface area contributed by atoms with Crippen molar-refractivity contribution in [3.05, 3.63) is 58.7 Å². The molecule has 0 fully saturated rings. The molecule has 1 aliphatic carbocycles. The molecule has 0 spiro atoms.